The summed E-state index contributed by atoms with van der Waals surface area (Å²) in [4.78, 5) is 1.20. The minimum absolute atomic E-state index is 0.610. The third kappa shape index (κ3) is 3.96. The van der Waals surface area contributed by atoms with Crippen molar-refractivity contribution in [3.8, 4) is 0 Å². The predicted molar refractivity (Wildman–Crippen MR) is 62.0 cm³/mol. The monoisotopic (exact) mass is 233 g/mol. The van der Waals surface area contributed by atoms with Gasteiger partial charge in [-0.3, -0.25) is 0 Å². The van der Waals surface area contributed by atoms with E-state index in [0.717, 1.165) is 18.0 Å². The summed E-state index contributed by atoms with van der Waals surface area (Å²) in [6.45, 7) is 5.19. The first-order valence-electron chi connectivity index (χ1n) is 4.69. The lowest BCUT2D eigenvalue weighted by Gasteiger charge is -2.21. The molecule has 0 spiro atoms. The molecule has 0 aliphatic rings. The second kappa shape index (κ2) is 5.12. The molecule has 1 rings (SSSR count). The van der Waals surface area contributed by atoms with Crippen LogP contribution in [0.25, 0.3) is 0 Å². The molecule has 2 N–H and O–H groups in total. The topological polar surface area (TPSA) is 32.3 Å². The van der Waals surface area contributed by atoms with Gasteiger partial charge in [0.05, 0.1) is 10.6 Å². The Morgan fingerprint density at radius 1 is 1.64 bits per heavy atom. The molecule has 0 saturated carbocycles. The summed E-state index contributed by atoms with van der Waals surface area (Å²) in [5.41, 5.74) is -0.610. The van der Waals surface area contributed by atoms with E-state index in [9.17, 15) is 5.11 Å². The van der Waals surface area contributed by atoms with Crippen LogP contribution in [0.3, 0.4) is 0 Å². The molecular weight excluding hydrogens is 218 g/mol. The maximum atomic E-state index is 9.72. The van der Waals surface area contributed by atoms with Crippen LogP contribution in [-0.2, 0) is 6.54 Å². The summed E-state index contributed by atoms with van der Waals surface area (Å²) >= 11 is 7.42. The number of halogens is 1. The van der Waals surface area contributed by atoms with Gasteiger partial charge in [-0.2, -0.15) is 0 Å². The molecule has 1 heterocycles. The minimum atomic E-state index is -0.610. The van der Waals surface area contributed by atoms with Gasteiger partial charge in [0.2, 0.25) is 0 Å². The molecule has 0 amide bonds. The molecule has 0 aliphatic heterocycles. The first-order valence-corrected chi connectivity index (χ1v) is 5.95. The Kier molecular flexibility index (Phi) is 4.38. The van der Waals surface area contributed by atoms with Gasteiger partial charge in [-0.15, -0.1) is 11.3 Å². The zero-order chi connectivity index (χ0) is 10.6. The fourth-order valence-electron chi connectivity index (χ4n) is 1.03. The van der Waals surface area contributed by atoms with Gasteiger partial charge in [-0.1, -0.05) is 18.5 Å². The van der Waals surface area contributed by atoms with Crippen LogP contribution < -0.4 is 5.32 Å². The predicted octanol–water partition coefficient (Wildman–Crippen LogP) is 2.65. The number of aliphatic hydroxyl groups is 1. The average molecular weight is 234 g/mol. The summed E-state index contributed by atoms with van der Waals surface area (Å²) in [6, 6.07) is 1.94. The maximum Gasteiger partial charge on any atom is 0.0741 e. The van der Waals surface area contributed by atoms with E-state index in [1.165, 1.54) is 4.88 Å². The summed E-state index contributed by atoms with van der Waals surface area (Å²) < 4.78 is 0. The van der Waals surface area contributed by atoms with E-state index >= 15 is 0 Å². The van der Waals surface area contributed by atoms with Gasteiger partial charge >= 0.3 is 0 Å². The molecule has 1 aromatic rings. The minimum Gasteiger partial charge on any atom is -0.389 e. The molecule has 1 aromatic heterocycles. The second-order valence-electron chi connectivity index (χ2n) is 3.69. The number of hydrogen-bond acceptors (Lipinski definition) is 3. The Morgan fingerprint density at radius 2 is 2.36 bits per heavy atom. The van der Waals surface area contributed by atoms with Crippen molar-refractivity contribution < 1.29 is 5.11 Å². The van der Waals surface area contributed by atoms with E-state index in [1.807, 2.05) is 25.3 Å². The molecule has 1 unspecified atom stereocenters. The largest absolute Gasteiger partial charge is 0.389 e. The van der Waals surface area contributed by atoms with Crippen molar-refractivity contribution in [2.24, 2.45) is 0 Å². The van der Waals surface area contributed by atoms with E-state index in [0.29, 0.717) is 6.54 Å². The average Bonchev–Trinajstić information content (AvgIpc) is 2.51. The van der Waals surface area contributed by atoms with Crippen molar-refractivity contribution in [3.05, 3.63) is 21.3 Å². The molecule has 0 aliphatic carbocycles. The van der Waals surface area contributed by atoms with Crippen molar-refractivity contribution in [2.75, 3.05) is 6.54 Å². The van der Waals surface area contributed by atoms with E-state index in [-0.39, 0.29) is 0 Å². The molecule has 0 aromatic carbocycles. The van der Waals surface area contributed by atoms with Crippen LogP contribution in [-0.4, -0.2) is 17.3 Å². The third-order valence-corrected chi connectivity index (χ3v) is 3.47. The lowest BCUT2D eigenvalue weighted by molar-refractivity contribution is 0.0556. The van der Waals surface area contributed by atoms with Gasteiger partial charge in [0.1, 0.15) is 0 Å². The second-order valence-corrected chi connectivity index (χ2v) is 5.12. The molecule has 1 atom stereocenters. The van der Waals surface area contributed by atoms with Gasteiger partial charge < -0.3 is 10.4 Å². The van der Waals surface area contributed by atoms with E-state index < -0.39 is 5.60 Å². The zero-order valence-electron chi connectivity index (χ0n) is 8.51. The molecule has 0 saturated heterocycles. The van der Waals surface area contributed by atoms with Crippen LogP contribution >= 0.6 is 22.9 Å². The highest BCUT2D eigenvalue weighted by molar-refractivity contribution is 7.10. The molecule has 2 nitrogen and oxygen atoms in total. The lowest BCUT2D eigenvalue weighted by atomic mass is 10.0. The number of hydrogen-bond donors (Lipinski definition) is 2. The highest BCUT2D eigenvalue weighted by atomic mass is 35.5. The molecule has 0 radical (unpaired) electrons. The summed E-state index contributed by atoms with van der Waals surface area (Å²) in [7, 11) is 0. The fourth-order valence-corrected chi connectivity index (χ4v) is 2.07. The van der Waals surface area contributed by atoms with E-state index in [4.69, 9.17) is 11.6 Å². The molecule has 80 valence electrons. The quantitative estimate of drug-likeness (QED) is 0.820. The number of rotatable bonds is 5. The van der Waals surface area contributed by atoms with Crippen molar-refractivity contribution in [3.63, 3.8) is 0 Å². The van der Waals surface area contributed by atoms with Crippen LogP contribution in [0, 0.1) is 0 Å². The van der Waals surface area contributed by atoms with Gasteiger partial charge in [-0.25, -0.2) is 0 Å². The number of thiophene rings is 1. The molecule has 0 bridgehead atoms. The van der Waals surface area contributed by atoms with Gasteiger partial charge in [0.15, 0.2) is 0 Å². The number of nitrogens with one attached hydrogen (secondary N) is 1. The van der Waals surface area contributed by atoms with Gasteiger partial charge in [0, 0.05) is 23.3 Å². The summed E-state index contributed by atoms with van der Waals surface area (Å²) in [6.07, 6.45) is 0.755. The third-order valence-electron chi connectivity index (χ3n) is 2.19. The standard InChI is InChI=1S/C10H16ClNOS/c1-3-10(2,13)7-12-5-9-4-8(11)6-14-9/h4,6,12-13H,3,5,7H2,1-2H3. The van der Waals surface area contributed by atoms with Crippen LogP contribution in [0.1, 0.15) is 25.1 Å². The Bertz CT molecular complexity index is 285. The van der Waals surface area contributed by atoms with Gasteiger partial charge in [-0.05, 0) is 19.4 Å². The van der Waals surface area contributed by atoms with E-state index in [2.05, 4.69) is 5.32 Å². The Morgan fingerprint density at radius 3 is 2.86 bits per heavy atom. The summed E-state index contributed by atoms with van der Waals surface area (Å²) in [5.74, 6) is 0. The zero-order valence-corrected chi connectivity index (χ0v) is 10.1. The first-order chi connectivity index (χ1) is 6.53. The fraction of sp³-hybridized carbons (Fsp3) is 0.600. The Labute approximate surface area is 93.9 Å². The van der Waals surface area contributed by atoms with Crippen LogP contribution in [0.4, 0.5) is 0 Å². The molecule has 14 heavy (non-hydrogen) atoms. The SMILES string of the molecule is CCC(C)(O)CNCc1cc(Cl)cs1. The highest BCUT2D eigenvalue weighted by Crippen LogP contribution is 2.18. The first kappa shape index (κ1) is 12.0. The lowest BCUT2D eigenvalue weighted by Crippen LogP contribution is -2.36. The van der Waals surface area contributed by atoms with E-state index in [1.54, 1.807) is 11.3 Å². The smallest absolute Gasteiger partial charge is 0.0741 e. The normalized spacial score (nSPS) is 15.4. The Balaban J connectivity index is 2.28. The molecular formula is C10H16ClNOS. The van der Waals surface area contributed by atoms with Crippen LogP contribution in [0.2, 0.25) is 5.02 Å². The molecule has 0 fully saturated rings. The maximum absolute atomic E-state index is 9.72. The summed E-state index contributed by atoms with van der Waals surface area (Å²) in [5, 5.41) is 15.6. The molecule has 4 heteroatoms. The highest BCUT2D eigenvalue weighted by Gasteiger charge is 2.16. The van der Waals surface area contributed by atoms with Crippen molar-refractivity contribution in [1.82, 2.24) is 5.32 Å². The Hall–Kier alpha value is -0.0900. The van der Waals surface area contributed by atoms with Crippen LogP contribution in [0.15, 0.2) is 11.4 Å². The van der Waals surface area contributed by atoms with Gasteiger partial charge in [0.25, 0.3) is 0 Å². The van der Waals surface area contributed by atoms with Crippen molar-refractivity contribution in [1.29, 1.82) is 0 Å². The van der Waals surface area contributed by atoms with Crippen molar-refractivity contribution in [2.45, 2.75) is 32.4 Å². The van der Waals surface area contributed by atoms with Crippen LogP contribution in [0.5, 0.6) is 0 Å². The van der Waals surface area contributed by atoms with Crippen molar-refractivity contribution >= 4 is 22.9 Å².